The Hall–Kier alpha value is -1.32. The van der Waals surface area contributed by atoms with Crippen molar-refractivity contribution in [1.82, 2.24) is 5.32 Å². The number of carboxylic acids is 1. The van der Waals surface area contributed by atoms with Crippen LogP contribution in [0.5, 0.6) is 0 Å². The second kappa shape index (κ2) is 11.3. The fourth-order valence-corrected chi connectivity index (χ4v) is 2.98. The Bertz CT molecular complexity index is 365. The summed E-state index contributed by atoms with van der Waals surface area (Å²) in [5.41, 5.74) is 0. The van der Waals surface area contributed by atoms with Gasteiger partial charge in [-0.2, -0.15) is 0 Å². The minimum absolute atomic E-state index is 0.0975. The van der Waals surface area contributed by atoms with E-state index in [4.69, 9.17) is 0 Å². The van der Waals surface area contributed by atoms with Gasteiger partial charge in [0.2, 0.25) is 5.91 Å². The second-order valence-corrected chi connectivity index (χ2v) is 6.26. The highest BCUT2D eigenvalue weighted by molar-refractivity contribution is 5.85. The summed E-state index contributed by atoms with van der Waals surface area (Å²) in [5, 5.41) is 12.1. The van der Waals surface area contributed by atoms with Crippen LogP contribution in [0.25, 0.3) is 0 Å². The van der Waals surface area contributed by atoms with E-state index < -0.39 is 17.8 Å². The third kappa shape index (κ3) is 7.10. The lowest BCUT2D eigenvalue weighted by Crippen LogP contribution is -2.39. The molecular weight excluding hydrogens is 278 g/mol. The Morgan fingerprint density at radius 2 is 1.50 bits per heavy atom. The smallest absolute Gasteiger partial charge is 0.307 e. The number of allylic oxidation sites excluding steroid dienone is 2. The normalized spacial score (nSPS) is 20.8. The van der Waals surface area contributed by atoms with Gasteiger partial charge in [-0.25, -0.2) is 0 Å². The van der Waals surface area contributed by atoms with E-state index >= 15 is 0 Å². The van der Waals surface area contributed by atoms with E-state index in [9.17, 15) is 14.7 Å². The molecule has 0 fully saturated rings. The van der Waals surface area contributed by atoms with E-state index in [0.29, 0.717) is 19.4 Å². The third-order valence-corrected chi connectivity index (χ3v) is 4.42. The highest BCUT2D eigenvalue weighted by Crippen LogP contribution is 2.26. The van der Waals surface area contributed by atoms with Gasteiger partial charge >= 0.3 is 5.97 Å². The number of carbonyl (C=O) groups excluding carboxylic acids is 1. The van der Waals surface area contributed by atoms with Gasteiger partial charge in [-0.15, -0.1) is 0 Å². The fraction of sp³-hybridized carbons (Fsp3) is 0.778. The Labute approximate surface area is 134 Å². The summed E-state index contributed by atoms with van der Waals surface area (Å²) in [6, 6.07) is 0. The first-order valence-corrected chi connectivity index (χ1v) is 8.82. The van der Waals surface area contributed by atoms with Crippen molar-refractivity contribution >= 4 is 11.9 Å². The van der Waals surface area contributed by atoms with Gasteiger partial charge in [0.1, 0.15) is 0 Å². The standard InChI is InChI=1S/C18H31NO3/c1-2-3-4-5-6-7-8-11-14-19-17(20)15-12-9-10-13-16(15)18(21)22/h9-10,15-16H,2-8,11-14H2,1H3,(H,19,20)(H,21,22)/t15-,16-/m0/s1. The summed E-state index contributed by atoms with van der Waals surface area (Å²) in [6.45, 7) is 2.89. The predicted octanol–water partition coefficient (Wildman–Crippen LogP) is 3.91. The Kier molecular flexibility index (Phi) is 9.60. The monoisotopic (exact) mass is 309 g/mol. The van der Waals surface area contributed by atoms with Gasteiger partial charge in [0.15, 0.2) is 0 Å². The Morgan fingerprint density at radius 3 is 2.09 bits per heavy atom. The summed E-state index contributed by atoms with van der Waals surface area (Å²) in [6.07, 6.45) is 14.7. The average Bonchev–Trinajstić information content (AvgIpc) is 2.53. The van der Waals surface area contributed by atoms with Crippen LogP contribution in [0, 0.1) is 11.8 Å². The maximum atomic E-state index is 12.1. The largest absolute Gasteiger partial charge is 0.481 e. The highest BCUT2D eigenvalue weighted by Gasteiger charge is 2.33. The van der Waals surface area contributed by atoms with Crippen LogP contribution < -0.4 is 5.32 Å². The lowest BCUT2D eigenvalue weighted by Gasteiger charge is -2.24. The molecule has 0 unspecified atom stereocenters. The van der Waals surface area contributed by atoms with Crippen molar-refractivity contribution in [2.45, 2.75) is 71.1 Å². The van der Waals surface area contributed by atoms with Crippen LogP contribution in [0.1, 0.15) is 71.1 Å². The molecule has 2 atom stereocenters. The van der Waals surface area contributed by atoms with Crippen molar-refractivity contribution < 1.29 is 14.7 Å². The topological polar surface area (TPSA) is 66.4 Å². The van der Waals surface area contributed by atoms with Crippen molar-refractivity contribution in [3.05, 3.63) is 12.2 Å². The molecule has 0 aromatic heterocycles. The number of nitrogens with one attached hydrogen (secondary N) is 1. The van der Waals surface area contributed by atoms with Crippen LogP contribution in [-0.2, 0) is 9.59 Å². The van der Waals surface area contributed by atoms with Crippen molar-refractivity contribution in [3.8, 4) is 0 Å². The number of carboxylic acid groups (broad SMARTS) is 1. The SMILES string of the molecule is CCCCCCCCCCNC(=O)[C@H]1CC=CC[C@@H]1C(=O)O. The zero-order chi connectivity index (χ0) is 16.2. The molecule has 1 aliphatic rings. The highest BCUT2D eigenvalue weighted by atomic mass is 16.4. The van der Waals surface area contributed by atoms with E-state index in [2.05, 4.69) is 12.2 Å². The van der Waals surface area contributed by atoms with E-state index in [-0.39, 0.29) is 5.91 Å². The number of amides is 1. The van der Waals surface area contributed by atoms with Crippen LogP contribution >= 0.6 is 0 Å². The first-order valence-electron chi connectivity index (χ1n) is 8.82. The van der Waals surface area contributed by atoms with Crippen molar-refractivity contribution in [3.63, 3.8) is 0 Å². The number of hydrogen-bond acceptors (Lipinski definition) is 2. The average molecular weight is 309 g/mol. The summed E-state index contributed by atoms with van der Waals surface area (Å²) in [5.74, 6) is -1.93. The summed E-state index contributed by atoms with van der Waals surface area (Å²) < 4.78 is 0. The maximum absolute atomic E-state index is 12.1. The molecule has 0 aliphatic heterocycles. The molecule has 0 aromatic rings. The molecule has 4 heteroatoms. The van der Waals surface area contributed by atoms with Gasteiger partial charge in [-0.1, -0.05) is 64.0 Å². The van der Waals surface area contributed by atoms with Gasteiger partial charge < -0.3 is 10.4 Å². The first kappa shape index (κ1) is 18.7. The molecule has 0 radical (unpaired) electrons. The number of aliphatic carboxylic acids is 1. The zero-order valence-electron chi connectivity index (χ0n) is 13.9. The zero-order valence-corrected chi connectivity index (χ0v) is 13.9. The van der Waals surface area contributed by atoms with Crippen LogP contribution in [0.2, 0.25) is 0 Å². The van der Waals surface area contributed by atoms with Crippen molar-refractivity contribution in [1.29, 1.82) is 0 Å². The molecule has 2 N–H and O–H groups in total. The fourth-order valence-electron chi connectivity index (χ4n) is 2.98. The summed E-state index contributed by atoms with van der Waals surface area (Å²) in [7, 11) is 0. The minimum Gasteiger partial charge on any atom is -0.481 e. The molecule has 1 aliphatic carbocycles. The molecular formula is C18H31NO3. The molecule has 0 heterocycles. The molecule has 1 amide bonds. The molecule has 0 saturated heterocycles. The lowest BCUT2D eigenvalue weighted by atomic mass is 9.82. The Balaban J connectivity index is 2.10. The quantitative estimate of drug-likeness (QED) is 0.449. The number of rotatable bonds is 11. The van der Waals surface area contributed by atoms with Crippen molar-refractivity contribution in [2.24, 2.45) is 11.8 Å². The van der Waals surface area contributed by atoms with Crippen LogP contribution in [0.15, 0.2) is 12.2 Å². The van der Waals surface area contributed by atoms with E-state index in [1.165, 1.54) is 38.5 Å². The van der Waals surface area contributed by atoms with Crippen molar-refractivity contribution in [2.75, 3.05) is 6.54 Å². The molecule has 0 aromatic carbocycles. The van der Waals surface area contributed by atoms with Gasteiger partial charge in [-0.3, -0.25) is 9.59 Å². The molecule has 0 saturated carbocycles. The summed E-state index contributed by atoms with van der Waals surface area (Å²) >= 11 is 0. The molecule has 4 nitrogen and oxygen atoms in total. The van der Waals surface area contributed by atoms with Crippen LogP contribution in [-0.4, -0.2) is 23.5 Å². The number of hydrogen-bond donors (Lipinski definition) is 2. The summed E-state index contributed by atoms with van der Waals surface area (Å²) in [4.78, 5) is 23.3. The first-order chi connectivity index (χ1) is 10.7. The molecule has 22 heavy (non-hydrogen) atoms. The van der Waals surface area contributed by atoms with Gasteiger partial charge in [0.25, 0.3) is 0 Å². The number of carbonyl (C=O) groups is 2. The molecule has 126 valence electrons. The predicted molar refractivity (Wildman–Crippen MR) is 88.6 cm³/mol. The molecule has 0 spiro atoms. The van der Waals surface area contributed by atoms with Crippen LogP contribution in [0.4, 0.5) is 0 Å². The lowest BCUT2D eigenvalue weighted by molar-refractivity contribution is -0.147. The van der Waals surface area contributed by atoms with Gasteiger partial charge in [0, 0.05) is 6.54 Å². The Morgan fingerprint density at radius 1 is 0.955 bits per heavy atom. The van der Waals surface area contributed by atoms with E-state index in [0.717, 1.165) is 12.8 Å². The van der Waals surface area contributed by atoms with E-state index in [1.807, 2.05) is 12.2 Å². The molecule has 0 bridgehead atoms. The third-order valence-electron chi connectivity index (χ3n) is 4.42. The van der Waals surface area contributed by atoms with Crippen LogP contribution in [0.3, 0.4) is 0 Å². The number of unbranched alkanes of at least 4 members (excludes halogenated alkanes) is 7. The second-order valence-electron chi connectivity index (χ2n) is 6.26. The van der Waals surface area contributed by atoms with Gasteiger partial charge in [-0.05, 0) is 19.3 Å². The maximum Gasteiger partial charge on any atom is 0.307 e. The van der Waals surface area contributed by atoms with Gasteiger partial charge in [0.05, 0.1) is 11.8 Å². The van der Waals surface area contributed by atoms with E-state index in [1.54, 1.807) is 0 Å². The molecule has 1 rings (SSSR count). The minimum atomic E-state index is -0.864.